The normalized spacial score (nSPS) is 23.0. The van der Waals surface area contributed by atoms with Crippen molar-refractivity contribution in [3.63, 3.8) is 0 Å². The Morgan fingerprint density at radius 3 is 2.67 bits per heavy atom. The minimum atomic E-state index is -1.01. The van der Waals surface area contributed by atoms with Gasteiger partial charge in [0.1, 0.15) is 16.4 Å². The Morgan fingerprint density at radius 2 is 2.00 bits per heavy atom. The Kier molecular flexibility index (Phi) is 5.96. The Hall–Kier alpha value is -2.19. The molecule has 8 heteroatoms. The number of aliphatic carboxylic acids is 1. The first-order chi connectivity index (χ1) is 12.9. The average Bonchev–Trinajstić information content (AvgIpc) is 2.94. The van der Waals surface area contributed by atoms with E-state index < -0.39 is 18.1 Å². The maximum atomic E-state index is 12.9. The van der Waals surface area contributed by atoms with Gasteiger partial charge in [-0.3, -0.25) is 14.5 Å². The summed E-state index contributed by atoms with van der Waals surface area (Å²) in [6.07, 6.45) is 3.71. The molecule has 2 fully saturated rings. The fourth-order valence-corrected chi connectivity index (χ4v) is 4.74. The summed E-state index contributed by atoms with van der Waals surface area (Å²) in [6, 6.07) is 7.73. The van der Waals surface area contributed by atoms with E-state index in [1.807, 2.05) is 30.3 Å². The number of carbonyl (C=O) groups excluding carboxylic acids is 2. The minimum absolute atomic E-state index is 0.312. The molecule has 2 heterocycles. The smallest absolute Gasteiger partial charge is 0.326 e. The fraction of sp³-hybridized carbons (Fsp3) is 0.368. The number of hydrogen-bond acceptors (Lipinski definition) is 5. The third kappa shape index (κ3) is 4.06. The summed E-state index contributed by atoms with van der Waals surface area (Å²) in [6.45, 7) is 1.99. The van der Waals surface area contributed by atoms with Crippen LogP contribution in [0.1, 0.15) is 31.7 Å². The van der Waals surface area contributed by atoms with E-state index >= 15 is 0 Å². The first kappa shape index (κ1) is 19.6. The van der Waals surface area contributed by atoms with Crippen LogP contribution in [0.4, 0.5) is 0 Å². The van der Waals surface area contributed by atoms with Crippen LogP contribution in [0.25, 0.3) is 6.08 Å². The zero-order chi connectivity index (χ0) is 19.6. The number of likely N-dealkylation sites (tertiary alicyclic amines) is 1. The molecular weight excluding hydrogens is 384 g/mol. The molecule has 6 nitrogen and oxygen atoms in total. The quantitative estimate of drug-likeness (QED) is 0.614. The Balaban J connectivity index is 1.79. The molecule has 0 aliphatic carbocycles. The van der Waals surface area contributed by atoms with Crippen LogP contribution in [0, 0.1) is 0 Å². The molecule has 0 saturated carbocycles. The first-order valence-electron chi connectivity index (χ1n) is 8.75. The molecule has 1 N–H and O–H groups in total. The second kappa shape index (κ2) is 8.22. The van der Waals surface area contributed by atoms with Gasteiger partial charge in [-0.1, -0.05) is 54.3 Å². The SMILES string of the molecule is C[C@@H](C(=O)N1CCCC[C@H]1C(=O)O)N1C(=O)/C(=C/c2ccccc2)SC1=S. The molecule has 0 radical (unpaired) electrons. The molecule has 27 heavy (non-hydrogen) atoms. The second-order valence-electron chi connectivity index (χ2n) is 6.52. The van der Waals surface area contributed by atoms with Crippen LogP contribution in [-0.2, 0) is 14.4 Å². The Morgan fingerprint density at radius 1 is 1.30 bits per heavy atom. The number of amides is 2. The van der Waals surface area contributed by atoms with Crippen LogP contribution in [0.15, 0.2) is 35.2 Å². The van der Waals surface area contributed by atoms with E-state index in [2.05, 4.69) is 0 Å². The van der Waals surface area contributed by atoms with Crippen molar-refractivity contribution in [3.8, 4) is 0 Å². The predicted molar refractivity (Wildman–Crippen MR) is 108 cm³/mol. The molecule has 2 saturated heterocycles. The molecule has 2 amide bonds. The lowest BCUT2D eigenvalue weighted by Gasteiger charge is -2.36. The molecule has 2 aliphatic rings. The summed E-state index contributed by atoms with van der Waals surface area (Å²) in [5.74, 6) is -1.71. The van der Waals surface area contributed by atoms with Crippen LogP contribution in [0.2, 0.25) is 0 Å². The van der Waals surface area contributed by atoms with Crippen LogP contribution < -0.4 is 0 Å². The minimum Gasteiger partial charge on any atom is -0.480 e. The molecule has 0 aromatic heterocycles. The van der Waals surface area contributed by atoms with E-state index in [4.69, 9.17) is 12.2 Å². The third-order valence-corrected chi connectivity index (χ3v) is 6.07. The van der Waals surface area contributed by atoms with Crippen LogP contribution in [0.3, 0.4) is 0 Å². The van der Waals surface area contributed by atoms with Crippen molar-refractivity contribution in [2.24, 2.45) is 0 Å². The molecule has 1 aromatic carbocycles. The van der Waals surface area contributed by atoms with Gasteiger partial charge in [0.2, 0.25) is 5.91 Å². The van der Waals surface area contributed by atoms with Gasteiger partial charge in [0, 0.05) is 6.54 Å². The molecule has 1 aromatic rings. The monoisotopic (exact) mass is 404 g/mol. The summed E-state index contributed by atoms with van der Waals surface area (Å²) >= 11 is 6.49. The van der Waals surface area contributed by atoms with E-state index in [0.29, 0.717) is 22.2 Å². The van der Waals surface area contributed by atoms with E-state index in [9.17, 15) is 19.5 Å². The Labute approximate surface area is 167 Å². The highest BCUT2D eigenvalue weighted by Gasteiger charge is 2.42. The van der Waals surface area contributed by atoms with E-state index in [1.165, 1.54) is 9.80 Å². The summed E-state index contributed by atoms with van der Waals surface area (Å²) in [4.78, 5) is 40.4. The van der Waals surface area contributed by atoms with Crippen molar-refractivity contribution in [2.45, 2.75) is 38.3 Å². The largest absolute Gasteiger partial charge is 0.480 e. The maximum absolute atomic E-state index is 12.9. The number of rotatable bonds is 4. The standard InChI is InChI=1S/C19H20N2O4S2/c1-12(16(22)20-10-6-5-9-14(20)18(24)25)21-17(23)15(27-19(21)26)11-13-7-3-2-4-8-13/h2-4,7-8,11-12,14H,5-6,9-10H2,1H3,(H,24,25)/b15-11-/t12-,14-/m0/s1. The summed E-state index contributed by atoms with van der Waals surface area (Å²) in [7, 11) is 0. The van der Waals surface area contributed by atoms with E-state index in [-0.39, 0.29) is 11.8 Å². The lowest BCUT2D eigenvalue weighted by Crippen LogP contribution is -2.55. The molecular formula is C19H20N2O4S2. The topological polar surface area (TPSA) is 77.9 Å². The second-order valence-corrected chi connectivity index (χ2v) is 8.20. The van der Waals surface area contributed by atoms with Crippen molar-refractivity contribution in [3.05, 3.63) is 40.8 Å². The highest BCUT2D eigenvalue weighted by Crippen LogP contribution is 2.34. The van der Waals surface area contributed by atoms with Gasteiger partial charge in [0.25, 0.3) is 5.91 Å². The number of piperidine rings is 1. The van der Waals surface area contributed by atoms with Crippen LogP contribution >= 0.6 is 24.0 Å². The van der Waals surface area contributed by atoms with Gasteiger partial charge in [-0.05, 0) is 37.8 Å². The number of nitrogens with zero attached hydrogens (tertiary/aromatic N) is 2. The van der Waals surface area contributed by atoms with Gasteiger partial charge in [-0.2, -0.15) is 0 Å². The highest BCUT2D eigenvalue weighted by atomic mass is 32.2. The number of thioether (sulfide) groups is 1. The van der Waals surface area contributed by atoms with Crippen molar-refractivity contribution < 1.29 is 19.5 Å². The van der Waals surface area contributed by atoms with Crippen LogP contribution in [0.5, 0.6) is 0 Å². The summed E-state index contributed by atoms with van der Waals surface area (Å²) in [5, 5.41) is 9.40. The highest BCUT2D eigenvalue weighted by molar-refractivity contribution is 8.26. The predicted octanol–water partition coefficient (Wildman–Crippen LogP) is 2.74. The molecule has 0 bridgehead atoms. The molecule has 0 spiro atoms. The van der Waals surface area contributed by atoms with Gasteiger partial charge in [-0.15, -0.1) is 0 Å². The van der Waals surface area contributed by atoms with Crippen LogP contribution in [-0.4, -0.2) is 55.6 Å². The third-order valence-electron chi connectivity index (χ3n) is 4.74. The van der Waals surface area contributed by atoms with Crippen molar-refractivity contribution in [2.75, 3.05) is 6.54 Å². The van der Waals surface area contributed by atoms with Crippen molar-refractivity contribution in [1.82, 2.24) is 9.80 Å². The molecule has 0 unspecified atom stereocenters. The number of benzene rings is 1. The van der Waals surface area contributed by atoms with E-state index in [1.54, 1.807) is 13.0 Å². The fourth-order valence-electron chi connectivity index (χ4n) is 3.32. The number of hydrogen-bond donors (Lipinski definition) is 1. The molecule has 3 rings (SSSR count). The molecule has 2 atom stereocenters. The number of carboxylic acids is 1. The molecule has 142 valence electrons. The summed E-state index contributed by atoms with van der Waals surface area (Å²) in [5.41, 5.74) is 0.874. The van der Waals surface area contributed by atoms with Gasteiger partial charge in [0.15, 0.2) is 0 Å². The van der Waals surface area contributed by atoms with Gasteiger partial charge < -0.3 is 10.0 Å². The molecule has 2 aliphatic heterocycles. The number of thiocarbonyl (C=S) groups is 1. The zero-order valence-electron chi connectivity index (χ0n) is 14.8. The van der Waals surface area contributed by atoms with Gasteiger partial charge in [0.05, 0.1) is 4.91 Å². The lowest BCUT2D eigenvalue weighted by atomic mass is 10.0. The van der Waals surface area contributed by atoms with Gasteiger partial charge >= 0.3 is 5.97 Å². The van der Waals surface area contributed by atoms with Gasteiger partial charge in [-0.25, -0.2) is 4.79 Å². The van der Waals surface area contributed by atoms with E-state index in [0.717, 1.165) is 30.2 Å². The maximum Gasteiger partial charge on any atom is 0.326 e. The average molecular weight is 405 g/mol. The Bertz CT molecular complexity index is 809. The summed E-state index contributed by atoms with van der Waals surface area (Å²) < 4.78 is 0.312. The zero-order valence-corrected chi connectivity index (χ0v) is 16.5. The van der Waals surface area contributed by atoms with Crippen molar-refractivity contribution in [1.29, 1.82) is 0 Å². The lowest BCUT2D eigenvalue weighted by molar-refractivity contribution is -0.154. The number of carbonyl (C=O) groups is 3. The van der Waals surface area contributed by atoms with Crippen molar-refractivity contribution >= 4 is 52.2 Å². The number of carboxylic acid groups (broad SMARTS) is 1. The first-order valence-corrected chi connectivity index (χ1v) is 9.98.